The molecule has 0 fully saturated rings. The Morgan fingerprint density at radius 1 is 1.12 bits per heavy atom. The van der Waals surface area contributed by atoms with Gasteiger partial charge in [-0.15, -0.1) is 0 Å². The molecule has 1 heterocycles. The van der Waals surface area contributed by atoms with Crippen molar-refractivity contribution in [3.63, 3.8) is 0 Å². The van der Waals surface area contributed by atoms with Crippen LogP contribution >= 0.6 is 11.6 Å². The number of benzene rings is 1. The van der Waals surface area contributed by atoms with Gasteiger partial charge < -0.3 is 9.84 Å². The van der Waals surface area contributed by atoms with Crippen LogP contribution < -0.4 is 4.74 Å². The fourth-order valence-corrected chi connectivity index (χ4v) is 1.36. The molecule has 5 heteroatoms. The summed E-state index contributed by atoms with van der Waals surface area (Å²) >= 11 is 5.78. The highest BCUT2D eigenvalue weighted by molar-refractivity contribution is 6.30. The molecule has 0 bridgehead atoms. The van der Waals surface area contributed by atoms with E-state index in [1.165, 1.54) is 12.4 Å². The molecule has 2 rings (SSSR count). The Hall–Kier alpha value is -1.65. The van der Waals surface area contributed by atoms with Crippen molar-refractivity contribution in [1.82, 2.24) is 9.97 Å². The first-order valence-electron chi connectivity index (χ1n) is 5.07. The van der Waals surface area contributed by atoms with Gasteiger partial charge in [-0.05, 0) is 17.7 Å². The van der Waals surface area contributed by atoms with Crippen LogP contribution in [-0.4, -0.2) is 15.1 Å². The first kappa shape index (κ1) is 11.8. The number of nitrogens with zero attached hydrogens (tertiary/aromatic N) is 2. The molecule has 0 amide bonds. The van der Waals surface area contributed by atoms with Gasteiger partial charge >= 0.3 is 0 Å². The largest absolute Gasteiger partial charge is 0.472 e. The van der Waals surface area contributed by atoms with Crippen molar-refractivity contribution in [2.24, 2.45) is 0 Å². The zero-order valence-corrected chi connectivity index (χ0v) is 9.76. The molecule has 1 aromatic heterocycles. The molecule has 0 aliphatic heterocycles. The minimum absolute atomic E-state index is 0.121. The van der Waals surface area contributed by atoms with Crippen LogP contribution in [0, 0.1) is 0 Å². The van der Waals surface area contributed by atoms with Crippen LogP contribution in [0.25, 0.3) is 0 Å². The van der Waals surface area contributed by atoms with E-state index >= 15 is 0 Å². The molecule has 2 aromatic rings. The van der Waals surface area contributed by atoms with Gasteiger partial charge in [0.1, 0.15) is 6.61 Å². The summed E-state index contributed by atoms with van der Waals surface area (Å²) in [5.41, 5.74) is 1.52. The average molecular weight is 251 g/mol. The van der Waals surface area contributed by atoms with Crippen LogP contribution in [0.3, 0.4) is 0 Å². The molecule has 0 atom stereocenters. The highest BCUT2D eigenvalue weighted by Gasteiger charge is 1.99. The van der Waals surface area contributed by atoms with E-state index in [0.717, 1.165) is 5.56 Å². The number of aliphatic hydroxyl groups is 1. The quantitative estimate of drug-likeness (QED) is 0.904. The lowest BCUT2D eigenvalue weighted by atomic mass is 10.2. The third kappa shape index (κ3) is 3.41. The molecule has 0 unspecified atom stereocenters. The van der Waals surface area contributed by atoms with E-state index in [1.807, 2.05) is 12.1 Å². The predicted octanol–water partition coefficient (Wildman–Crippen LogP) is 2.20. The number of aliphatic hydroxyl groups excluding tert-OH is 1. The molecule has 0 spiro atoms. The Morgan fingerprint density at radius 3 is 2.47 bits per heavy atom. The normalized spacial score (nSPS) is 10.2. The van der Waals surface area contributed by atoms with Crippen LogP contribution in [-0.2, 0) is 13.2 Å². The Kier molecular flexibility index (Phi) is 3.90. The number of aromatic nitrogens is 2. The summed E-state index contributed by atoms with van der Waals surface area (Å²) in [6.45, 7) is 0.286. The summed E-state index contributed by atoms with van der Waals surface area (Å²) in [5.74, 6) is 0.428. The fourth-order valence-electron chi connectivity index (χ4n) is 1.24. The number of rotatable bonds is 4. The number of halogens is 1. The van der Waals surface area contributed by atoms with E-state index in [9.17, 15) is 0 Å². The van der Waals surface area contributed by atoms with E-state index in [-0.39, 0.29) is 6.61 Å². The van der Waals surface area contributed by atoms with Crippen molar-refractivity contribution in [1.29, 1.82) is 0 Å². The van der Waals surface area contributed by atoms with E-state index < -0.39 is 0 Å². The zero-order chi connectivity index (χ0) is 12.1. The van der Waals surface area contributed by atoms with Gasteiger partial charge in [0.15, 0.2) is 0 Å². The van der Waals surface area contributed by atoms with Gasteiger partial charge in [-0.1, -0.05) is 23.7 Å². The minimum Gasteiger partial charge on any atom is -0.472 e. The summed E-state index contributed by atoms with van der Waals surface area (Å²) in [4.78, 5) is 7.98. The van der Waals surface area contributed by atoms with Crippen LogP contribution in [0.1, 0.15) is 11.3 Å². The summed E-state index contributed by atoms with van der Waals surface area (Å²) in [7, 11) is 0. The Labute approximate surface area is 104 Å². The Bertz CT molecular complexity index is 471. The Balaban J connectivity index is 1.95. The van der Waals surface area contributed by atoms with Gasteiger partial charge in [0.05, 0.1) is 24.7 Å². The molecule has 17 heavy (non-hydrogen) atoms. The number of hydrogen-bond donors (Lipinski definition) is 1. The molecule has 0 aliphatic carbocycles. The van der Waals surface area contributed by atoms with E-state index in [1.54, 1.807) is 12.1 Å². The van der Waals surface area contributed by atoms with Crippen molar-refractivity contribution >= 4 is 11.6 Å². The van der Waals surface area contributed by atoms with E-state index in [0.29, 0.717) is 23.2 Å². The van der Waals surface area contributed by atoms with E-state index in [4.69, 9.17) is 21.4 Å². The van der Waals surface area contributed by atoms with Gasteiger partial charge in [-0.25, -0.2) is 4.98 Å². The lowest BCUT2D eigenvalue weighted by Gasteiger charge is -2.05. The maximum absolute atomic E-state index is 8.81. The number of hydrogen-bond acceptors (Lipinski definition) is 4. The molecule has 1 N–H and O–H groups in total. The standard InChI is InChI=1S/C12H11ClN2O2/c13-10-3-1-9(2-4-10)8-17-12-6-14-11(7-16)5-15-12/h1-6,16H,7-8H2. The fraction of sp³-hybridized carbons (Fsp3) is 0.167. The second kappa shape index (κ2) is 5.61. The first-order valence-corrected chi connectivity index (χ1v) is 5.45. The minimum atomic E-state index is -0.121. The SMILES string of the molecule is OCc1cnc(OCc2ccc(Cl)cc2)cn1. The molecule has 0 radical (unpaired) electrons. The summed E-state index contributed by atoms with van der Waals surface area (Å²) < 4.78 is 5.43. The molecule has 1 aromatic carbocycles. The predicted molar refractivity (Wildman–Crippen MR) is 63.7 cm³/mol. The number of ether oxygens (including phenoxy) is 1. The van der Waals surface area contributed by atoms with Crippen molar-refractivity contribution in [3.8, 4) is 5.88 Å². The Morgan fingerprint density at radius 2 is 1.88 bits per heavy atom. The second-order valence-corrected chi connectivity index (χ2v) is 3.86. The molecular weight excluding hydrogens is 240 g/mol. The van der Waals surface area contributed by atoms with Gasteiger partial charge in [-0.3, -0.25) is 4.98 Å². The highest BCUT2D eigenvalue weighted by Crippen LogP contribution is 2.12. The van der Waals surface area contributed by atoms with Gasteiger partial charge in [-0.2, -0.15) is 0 Å². The van der Waals surface area contributed by atoms with Crippen molar-refractivity contribution in [2.45, 2.75) is 13.2 Å². The highest BCUT2D eigenvalue weighted by atomic mass is 35.5. The second-order valence-electron chi connectivity index (χ2n) is 3.42. The first-order chi connectivity index (χ1) is 8.28. The smallest absolute Gasteiger partial charge is 0.232 e. The van der Waals surface area contributed by atoms with Crippen LogP contribution in [0.5, 0.6) is 5.88 Å². The zero-order valence-electron chi connectivity index (χ0n) is 9.01. The molecular formula is C12H11ClN2O2. The summed E-state index contributed by atoms with van der Waals surface area (Å²) in [5, 5.41) is 9.50. The maximum atomic E-state index is 8.81. The molecule has 88 valence electrons. The monoisotopic (exact) mass is 250 g/mol. The third-order valence-electron chi connectivity index (χ3n) is 2.14. The lowest BCUT2D eigenvalue weighted by molar-refractivity contribution is 0.271. The molecule has 0 saturated heterocycles. The van der Waals surface area contributed by atoms with Crippen molar-refractivity contribution < 1.29 is 9.84 Å². The van der Waals surface area contributed by atoms with Crippen LogP contribution in [0.4, 0.5) is 0 Å². The molecule has 0 aliphatic rings. The average Bonchev–Trinajstić information content (AvgIpc) is 2.39. The summed E-state index contributed by atoms with van der Waals surface area (Å²) in [6.07, 6.45) is 2.97. The topological polar surface area (TPSA) is 55.2 Å². The summed E-state index contributed by atoms with van der Waals surface area (Å²) in [6, 6.07) is 7.39. The van der Waals surface area contributed by atoms with Crippen LogP contribution in [0.15, 0.2) is 36.7 Å². The third-order valence-corrected chi connectivity index (χ3v) is 2.40. The maximum Gasteiger partial charge on any atom is 0.232 e. The molecule has 0 saturated carbocycles. The van der Waals surface area contributed by atoms with Gasteiger partial charge in [0, 0.05) is 5.02 Å². The van der Waals surface area contributed by atoms with Crippen molar-refractivity contribution in [3.05, 3.63) is 52.9 Å². The van der Waals surface area contributed by atoms with Gasteiger partial charge in [0.25, 0.3) is 0 Å². The molecule has 4 nitrogen and oxygen atoms in total. The van der Waals surface area contributed by atoms with Crippen LogP contribution in [0.2, 0.25) is 5.02 Å². The van der Waals surface area contributed by atoms with Crippen molar-refractivity contribution in [2.75, 3.05) is 0 Å². The van der Waals surface area contributed by atoms with E-state index in [2.05, 4.69) is 9.97 Å². The van der Waals surface area contributed by atoms with Gasteiger partial charge in [0.2, 0.25) is 5.88 Å². The lowest BCUT2D eigenvalue weighted by Crippen LogP contribution is -1.99.